The Balaban J connectivity index is 2.09. The van der Waals surface area contributed by atoms with E-state index in [-0.39, 0.29) is 0 Å². The Bertz CT molecular complexity index is 1090. The van der Waals surface area contributed by atoms with Crippen molar-refractivity contribution in [1.82, 2.24) is 9.97 Å². The first kappa shape index (κ1) is 14.8. The topological polar surface area (TPSA) is 25.8 Å². The lowest BCUT2D eigenvalue weighted by Crippen LogP contribution is -1.97. The maximum atomic E-state index is 4.91. The van der Waals surface area contributed by atoms with Crippen LogP contribution in [0.25, 0.3) is 32.9 Å². The Morgan fingerprint density at radius 2 is 1.62 bits per heavy atom. The number of pyridine rings is 2. The third-order valence-corrected chi connectivity index (χ3v) is 5.05. The van der Waals surface area contributed by atoms with E-state index in [0.717, 1.165) is 27.9 Å². The minimum atomic E-state index is 1.02. The molecule has 0 atom stereocenters. The van der Waals surface area contributed by atoms with Crippen molar-refractivity contribution < 1.29 is 0 Å². The molecule has 2 nitrogen and oxygen atoms in total. The van der Waals surface area contributed by atoms with Crippen molar-refractivity contribution in [1.29, 1.82) is 0 Å². The van der Waals surface area contributed by atoms with Gasteiger partial charge in [0.05, 0.1) is 11.2 Å². The number of aryl methyl sites for hydroxylation is 4. The Kier molecular flexibility index (Phi) is 3.34. The van der Waals surface area contributed by atoms with Gasteiger partial charge in [0.15, 0.2) is 0 Å². The minimum Gasteiger partial charge on any atom is -0.256 e. The second-order valence-electron chi connectivity index (χ2n) is 6.52. The number of hydrogen-bond donors (Lipinski definition) is 0. The van der Waals surface area contributed by atoms with Gasteiger partial charge in [0.1, 0.15) is 0 Å². The molecule has 2 aromatic heterocycles. The van der Waals surface area contributed by atoms with E-state index in [1.165, 1.54) is 27.5 Å². The van der Waals surface area contributed by atoms with Crippen LogP contribution in [0.15, 0.2) is 48.7 Å². The van der Waals surface area contributed by atoms with Crippen LogP contribution in [0.2, 0.25) is 0 Å². The SMILES string of the molecule is Cc1ccc2c(-c3cnc4ccccc4c3)nc(C)c(C)c2c1C. The lowest BCUT2D eigenvalue weighted by Gasteiger charge is -2.15. The second-order valence-corrected chi connectivity index (χ2v) is 6.52. The Hall–Kier alpha value is -2.74. The summed E-state index contributed by atoms with van der Waals surface area (Å²) in [7, 11) is 0. The predicted octanol–water partition coefficient (Wildman–Crippen LogP) is 5.68. The van der Waals surface area contributed by atoms with Gasteiger partial charge in [0.25, 0.3) is 0 Å². The molecule has 24 heavy (non-hydrogen) atoms. The molecule has 2 heterocycles. The second kappa shape index (κ2) is 5.41. The van der Waals surface area contributed by atoms with Crippen LogP contribution >= 0.6 is 0 Å². The van der Waals surface area contributed by atoms with Crippen LogP contribution in [-0.4, -0.2) is 9.97 Å². The van der Waals surface area contributed by atoms with Crippen LogP contribution in [0.1, 0.15) is 22.4 Å². The van der Waals surface area contributed by atoms with Gasteiger partial charge in [-0.15, -0.1) is 0 Å². The highest BCUT2D eigenvalue weighted by Gasteiger charge is 2.14. The molecular weight excluding hydrogens is 292 g/mol. The highest BCUT2D eigenvalue weighted by Crippen LogP contribution is 2.34. The molecule has 4 aromatic rings. The van der Waals surface area contributed by atoms with Gasteiger partial charge in [0, 0.05) is 28.2 Å². The number of fused-ring (bicyclic) bond motifs is 2. The number of aromatic nitrogens is 2. The average molecular weight is 312 g/mol. The summed E-state index contributed by atoms with van der Waals surface area (Å²) in [5, 5.41) is 3.68. The summed E-state index contributed by atoms with van der Waals surface area (Å²) >= 11 is 0. The van der Waals surface area contributed by atoms with Gasteiger partial charge in [0.2, 0.25) is 0 Å². The predicted molar refractivity (Wildman–Crippen MR) is 101 cm³/mol. The number of nitrogens with zero attached hydrogens (tertiary/aromatic N) is 2. The molecule has 118 valence electrons. The van der Waals surface area contributed by atoms with Crippen molar-refractivity contribution in [2.75, 3.05) is 0 Å². The summed E-state index contributed by atoms with van der Waals surface area (Å²) in [6.45, 7) is 8.63. The molecule has 0 N–H and O–H groups in total. The average Bonchev–Trinajstić information content (AvgIpc) is 2.60. The zero-order chi connectivity index (χ0) is 16.8. The molecule has 0 unspecified atom stereocenters. The van der Waals surface area contributed by atoms with Gasteiger partial charge in [-0.2, -0.15) is 0 Å². The van der Waals surface area contributed by atoms with Crippen molar-refractivity contribution >= 4 is 21.7 Å². The fourth-order valence-corrected chi connectivity index (χ4v) is 3.41. The van der Waals surface area contributed by atoms with E-state index in [1.807, 2.05) is 24.4 Å². The number of benzene rings is 2. The minimum absolute atomic E-state index is 1.02. The molecule has 0 aliphatic heterocycles. The normalized spacial score (nSPS) is 11.3. The molecule has 0 aliphatic rings. The van der Waals surface area contributed by atoms with E-state index < -0.39 is 0 Å². The summed E-state index contributed by atoms with van der Waals surface area (Å²) in [6.07, 6.45) is 1.94. The Morgan fingerprint density at radius 1 is 0.833 bits per heavy atom. The lowest BCUT2D eigenvalue weighted by atomic mass is 9.94. The van der Waals surface area contributed by atoms with Crippen molar-refractivity contribution in [3.8, 4) is 11.3 Å². The molecule has 0 saturated carbocycles. The first-order valence-electron chi connectivity index (χ1n) is 8.28. The molecule has 0 radical (unpaired) electrons. The molecule has 0 bridgehead atoms. The van der Waals surface area contributed by atoms with Gasteiger partial charge in [-0.05, 0) is 61.9 Å². The fraction of sp³-hybridized carbons (Fsp3) is 0.182. The van der Waals surface area contributed by atoms with Gasteiger partial charge in [-0.1, -0.05) is 30.3 Å². The third kappa shape index (κ3) is 2.18. The van der Waals surface area contributed by atoms with Crippen LogP contribution in [0.4, 0.5) is 0 Å². The van der Waals surface area contributed by atoms with Crippen LogP contribution in [0.5, 0.6) is 0 Å². The molecule has 0 aliphatic carbocycles. The number of para-hydroxylation sites is 1. The zero-order valence-corrected chi connectivity index (χ0v) is 14.5. The summed E-state index contributed by atoms with van der Waals surface area (Å²) in [6, 6.07) is 14.8. The molecular formula is C22H20N2. The van der Waals surface area contributed by atoms with Crippen LogP contribution in [0, 0.1) is 27.7 Å². The standard InChI is InChI=1S/C22H20N2/c1-13-9-10-19-21(14(13)2)15(3)16(4)24-22(19)18-11-17-7-5-6-8-20(17)23-12-18/h5-12H,1-4H3. The molecule has 0 spiro atoms. The lowest BCUT2D eigenvalue weighted by molar-refractivity contribution is 1.17. The molecule has 2 heteroatoms. The number of hydrogen-bond acceptors (Lipinski definition) is 2. The van der Waals surface area contributed by atoms with Gasteiger partial charge < -0.3 is 0 Å². The fourth-order valence-electron chi connectivity index (χ4n) is 3.41. The summed E-state index contributed by atoms with van der Waals surface area (Å²) in [5.41, 5.74) is 8.12. The highest BCUT2D eigenvalue weighted by atomic mass is 14.7. The van der Waals surface area contributed by atoms with Gasteiger partial charge >= 0.3 is 0 Å². The van der Waals surface area contributed by atoms with Crippen molar-refractivity contribution in [3.63, 3.8) is 0 Å². The first-order valence-corrected chi connectivity index (χ1v) is 8.28. The zero-order valence-electron chi connectivity index (χ0n) is 14.5. The molecule has 0 saturated heterocycles. The van der Waals surface area contributed by atoms with E-state index in [2.05, 4.69) is 56.9 Å². The van der Waals surface area contributed by atoms with Crippen molar-refractivity contribution in [3.05, 3.63) is 71.0 Å². The smallest absolute Gasteiger partial charge is 0.0799 e. The Morgan fingerprint density at radius 3 is 2.46 bits per heavy atom. The van der Waals surface area contributed by atoms with E-state index >= 15 is 0 Å². The summed E-state index contributed by atoms with van der Waals surface area (Å²) in [4.78, 5) is 9.53. The molecule has 0 amide bonds. The van der Waals surface area contributed by atoms with E-state index in [0.29, 0.717) is 0 Å². The van der Waals surface area contributed by atoms with Crippen molar-refractivity contribution in [2.45, 2.75) is 27.7 Å². The highest BCUT2D eigenvalue weighted by molar-refractivity contribution is 6.00. The largest absolute Gasteiger partial charge is 0.256 e. The van der Waals surface area contributed by atoms with Crippen LogP contribution in [-0.2, 0) is 0 Å². The van der Waals surface area contributed by atoms with E-state index in [1.54, 1.807) is 0 Å². The first-order chi connectivity index (χ1) is 11.6. The molecule has 4 rings (SSSR count). The number of rotatable bonds is 1. The van der Waals surface area contributed by atoms with Crippen LogP contribution in [0.3, 0.4) is 0 Å². The van der Waals surface area contributed by atoms with E-state index in [9.17, 15) is 0 Å². The van der Waals surface area contributed by atoms with Crippen molar-refractivity contribution in [2.24, 2.45) is 0 Å². The quantitative estimate of drug-likeness (QED) is 0.451. The maximum Gasteiger partial charge on any atom is 0.0799 e. The molecule has 2 aromatic carbocycles. The third-order valence-electron chi connectivity index (χ3n) is 5.05. The van der Waals surface area contributed by atoms with Gasteiger partial charge in [-0.25, -0.2) is 0 Å². The molecule has 0 fully saturated rings. The Labute approximate surface area is 142 Å². The van der Waals surface area contributed by atoms with Crippen LogP contribution < -0.4 is 0 Å². The van der Waals surface area contributed by atoms with Gasteiger partial charge in [-0.3, -0.25) is 9.97 Å². The summed E-state index contributed by atoms with van der Waals surface area (Å²) in [5.74, 6) is 0. The summed E-state index contributed by atoms with van der Waals surface area (Å²) < 4.78 is 0. The maximum absolute atomic E-state index is 4.91. The van der Waals surface area contributed by atoms with E-state index in [4.69, 9.17) is 4.98 Å². The monoisotopic (exact) mass is 312 g/mol.